The molecule has 2 rings (SSSR count). The van der Waals surface area contributed by atoms with Crippen LogP contribution in [0.1, 0.15) is 44.2 Å². The summed E-state index contributed by atoms with van der Waals surface area (Å²) in [5, 5.41) is 4.12. The Balaban J connectivity index is 2.08. The molecule has 108 valence electrons. The topological polar surface area (TPSA) is 66.0 Å². The van der Waals surface area contributed by atoms with Gasteiger partial charge < -0.3 is 10.5 Å². The number of hydrogen-bond acceptors (Lipinski definition) is 4. The number of nitrogens with zero attached hydrogens (tertiary/aromatic N) is 3. The first-order valence-corrected chi connectivity index (χ1v) is 6.55. The summed E-state index contributed by atoms with van der Waals surface area (Å²) in [5.74, 6) is 0.796. The second kappa shape index (κ2) is 6.00. The van der Waals surface area contributed by atoms with Gasteiger partial charge >= 0.3 is 0 Å². The Bertz CT molecular complexity index is 580. The third-order valence-corrected chi connectivity index (χ3v) is 2.97. The van der Waals surface area contributed by atoms with E-state index in [4.69, 9.17) is 10.5 Å². The van der Waals surface area contributed by atoms with Gasteiger partial charge in [-0.2, -0.15) is 5.10 Å². The molecule has 0 saturated carbocycles. The summed E-state index contributed by atoms with van der Waals surface area (Å²) < 4.78 is 21.1. The molecule has 0 fully saturated rings. The SMILES string of the molecule is CC(C)n1ncnc1COc1ccc([C@@H](C)N)c(F)c1. The van der Waals surface area contributed by atoms with E-state index in [2.05, 4.69) is 10.1 Å². The van der Waals surface area contributed by atoms with Crippen LogP contribution < -0.4 is 10.5 Å². The van der Waals surface area contributed by atoms with Gasteiger partial charge in [-0.3, -0.25) is 0 Å². The van der Waals surface area contributed by atoms with Crippen LogP contribution in [0.25, 0.3) is 0 Å². The van der Waals surface area contributed by atoms with Crippen molar-refractivity contribution in [2.24, 2.45) is 5.73 Å². The van der Waals surface area contributed by atoms with Gasteiger partial charge in [0.25, 0.3) is 0 Å². The summed E-state index contributed by atoms with van der Waals surface area (Å²) in [6.07, 6.45) is 1.48. The van der Waals surface area contributed by atoms with Gasteiger partial charge in [-0.25, -0.2) is 14.1 Å². The molecule has 1 aromatic carbocycles. The van der Waals surface area contributed by atoms with Crippen molar-refractivity contribution in [2.75, 3.05) is 0 Å². The molecular formula is C14H19FN4O. The Morgan fingerprint density at radius 2 is 2.10 bits per heavy atom. The maximum Gasteiger partial charge on any atom is 0.165 e. The predicted molar refractivity (Wildman–Crippen MR) is 73.7 cm³/mol. The first-order valence-electron chi connectivity index (χ1n) is 6.55. The first-order chi connectivity index (χ1) is 9.49. The van der Waals surface area contributed by atoms with E-state index in [-0.39, 0.29) is 24.5 Å². The Kier molecular flexibility index (Phi) is 4.34. The average molecular weight is 278 g/mol. The van der Waals surface area contributed by atoms with Crippen LogP contribution >= 0.6 is 0 Å². The highest BCUT2D eigenvalue weighted by Gasteiger charge is 2.10. The molecule has 2 aromatic rings. The molecule has 0 saturated heterocycles. The summed E-state index contributed by atoms with van der Waals surface area (Å²) in [6.45, 7) is 6.00. The lowest BCUT2D eigenvalue weighted by molar-refractivity contribution is 0.281. The zero-order valence-corrected chi connectivity index (χ0v) is 11.9. The summed E-state index contributed by atoms with van der Waals surface area (Å²) in [6, 6.07) is 4.55. The molecule has 0 unspecified atom stereocenters. The standard InChI is InChI=1S/C14H19FN4O/c1-9(2)19-14(17-8-18-19)7-20-11-4-5-12(10(3)16)13(15)6-11/h4-6,8-10H,7,16H2,1-3H3/t10-/m1/s1. The van der Waals surface area contributed by atoms with Crippen molar-refractivity contribution in [1.29, 1.82) is 0 Å². The highest BCUT2D eigenvalue weighted by Crippen LogP contribution is 2.21. The second-order valence-electron chi connectivity index (χ2n) is 4.98. The van der Waals surface area contributed by atoms with Crippen LogP contribution in [0.4, 0.5) is 4.39 Å². The minimum Gasteiger partial charge on any atom is -0.486 e. The van der Waals surface area contributed by atoms with Gasteiger partial charge in [-0.05, 0) is 26.8 Å². The summed E-state index contributed by atoms with van der Waals surface area (Å²) in [7, 11) is 0. The molecule has 0 radical (unpaired) electrons. The second-order valence-corrected chi connectivity index (χ2v) is 4.98. The van der Waals surface area contributed by atoms with E-state index in [1.807, 2.05) is 13.8 Å². The van der Waals surface area contributed by atoms with Crippen molar-refractivity contribution in [2.45, 2.75) is 39.5 Å². The lowest BCUT2D eigenvalue weighted by Gasteiger charge is -2.12. The maximum atomic E-state index is 13.8. The Hall–Kier alpha value is -1.95. The molecule has 1 atom stereocenters. The predicted octanol–water partition coefficient (Wildman–Crippen LogP) is 2.60. The zero-order valence-electron chi connectivity index (χ0n) is 11.9. The monoisotopic (exact) mass is 278 g/mol. The molecule has 0 spiro atoms. The number of halogens is 1. The Morgan fingerprint density at radius 3 is 2.70 bits per heavy atom. The van der Waals surface area contributed by atoms with Gasteiger partial charge in [0.15, 0.2) is 5.82 Å². The molecule has 0 bridgehead atoms. The Labute approximate surface area is 117 Å². The van der Waals surface area contributed by atoms with Crippen molar-refractivity contribution in [3.63, 3.8) is 0 Å². The van der Waals surface area contributed by atoms with Gasteiger partial charge in [0, 0.05) is 23.7 Å². The van der Waals surface area contributed by atoms with Crippen LogP contribution in [-0.4, -0.2) is 14.8 Å². The van der Waals surface area contributed by atoms with E-state index in [1.165, 1.54) is 12.4 Å². The molecule has 0 aliphatic heterocycles. The van der Waals surface area contributed by atoms with Gasteiger partial charge in [0.2, 0.25) is 0 Å². The number of hydrogen-bond donors (Lipinski definition) is 1. The molecule has 2 N–H and O–H groups in total. The van der Waals surface area contributed by atoms with Crippen LogP contribution in [-0.2, 0) is 6.61 Å². The molecule has 1 heterocycles. The van der Waals surface area contributed by atoms with Crippen LogP contribution in [0.3, 0.4) is 0 Å². The van der Waals surface area contributed by atoms with Crippen molar-refractivity contribution in [1.82, 2.24) is 14.8 Å². The highest BCUT2D eigenvalue weighted by molar-refractivity contribution is 5.30. The molecule has 6 heteroatoms. The number of rotatable bonds is 5. The quantitative estimate of drug-likeness (QED) is 0.913. The van der Waals surface area contributed by atoms with Crippen LogP contribution in [0.15, 0.2) is 24.5 Å². The Morgan fingerprint density at radius 1 is 1.35 bits per heavy atom. The fourth-order valence-corrected chi connectivity index (χ4v) is 1.92. The normalized spacial score (nSPS) is 12.7. The van der Waals surface area contributed by atoms with E-state index < -0.39 is 0 Å². The summed E-state index contributed by atoms with van der Waals surface area (Å²) in [5.41, 5.74) is 6.14. The maximum absolute atomic E-state index is 13.8. The molecule has 5 nitrogen and oxygen atoms in total. The van der Waals surface area contributed by atoms with E-state index in [1.54, 1.807) is 23.7 Å². The first kappa shape index (κ1) is 14.5. The van der Waals surface area contributed by atoms with Gasteiger partial charge in [0.05, 0.1) is 0 Å². The average Bonchev–Trinajstić information content (AvgIpc) is 2.84. The molecule has 0 aliphatic rings. The van der Waals surface area contributed by atoms with Crippen molar-refractivity contribution >= 4 is 0 Å². The molecular weight excluding hydrogens is 259 g/mol. The highest BCUT2D eigenvalue weighted by atomic mass is 19.1. The lowest BCUT2D eigenvalue weighted by Crippen LogP contribution is -2.11. The molecule has 0 aliphatic carbocycles. The smallest absolute Gasteiger partial charge is 0.165 e. The fourth-order valence-electron chi connectivity index (χ4n) is 1.92. The summed E-state index contributed by atoms with van der Waals surface area (Å²) >= 11 is 0. The van der Waals surface area contributed by atoms with E-state index in [0.29, 0.717) is 17.1 Å². The third-order valence-electron chi connectivity index (χ3n) is 2.97. The molecule has 1 aromatic heterocycles. The zero-order chi connectivity index (χ0) is 14.7. The minimum absolute atomic E-state index is 0.202. The lowest BCUT2D eigenvalue weighted by atomic mass is 10.1. The van der Waals surface area contributed by atoms with Crippen LogP contribution in [0, 0.1) is 5.82 Å². The third kappa shape index (κ3) is 3.14. The molecule has 0 amide bonds. The summed E-state index contributed by atoms with van der Waals surface area (Å²) in [4.78, 5) is 4.13. The number of benzene rings is 1. The van der Waals surface area contributed by atoms with Crippen molar-refractivity contribution < 1.29 is 9.13 Å². The van der Waals surface area contributed by atoms with E-state index in [0.717, 1.165) is 0 Å². The van der Waals surface area contributed by atoms with Crippen molar-refractivity contribution in [3.8, 4) is 5.75 Å². The van der Waals surface area contributed by atoms with Crippen LogP contribution in [0.2, 0.25) is 0 Å². The largest absolute Gasteiger partial charge is 0.486 e. The number of ether oxygens (including phenoxy) is 1. The minimum atomic E-state index is -0.358. The van der Waals surface area contributed by atoms with Gasteiger partial charge in [0.1, 0.15) is 24.5 Å². The van der Waals surface area contributed by atoms with Gasteiger partial charge in [-0.15, -0.1) is 0 Å². The number of nitrogens with two attached hydrogens (primary N) is 1. The fraction of sp³-hybridized carbons (Fsp3) is 0.429. The van der Waals surface area contributed by atoms with Crippen LogP contribution in [0.5, 0.6) is 5.75 Å². The van der Waals surface area contributed by atoms with E-state index in [9.17, 15) is 4.39 Å². The van der Waals surface area contributed by atoms with E-state index >= 15 is 0 Å². The van der Waals surface area contributed by atoms with Crippen molar-refractivity contribution in [3.05, 3.63) is 41.7 Å². The molecule has 20 heavy (non-hydrogen) atoms. The van der Waals surface area contributed by atoms with Gasteiger partial charge in [-0.1, -0.05) is 6.07 Å². The number of aromatic nitrogens is 3.